The first-order valence-electron chi connectivity index (χ1n) is 5.99. The van der Waals surface area contributed by atoms with Crippen molar-refractivity contribution >= 4 is 5.97 Å². The highest BCUT2D eigenvalue weighted by Gasteiger charge is 2.07. The molecule has 0 spiro atoms. The first-order valence-corrected chi connectivity index (χ1v) is 5.99. The fourth-order valence-corrected chi connectivity index (χ4v) is 1.39. The van der Waals surface area contributed by atoms with E-state index in [1.807, 2.05) is 6.92 Å². The van der Waals surface area contributed by atoms with Gasteiger partial charge in [0.15, 0.2) is 0 Å². The Bertz CT molecular complexity index is 169. The van der Waals surface area contributed by atoms with Gasteiger partial charge in [-0.25, -0.2) is 0 Å². The van der Waals surface area contributed by atoms with Crippen LogP contribution in [-0.2, 0) is 9.53 Å². The Kier molecular flexibility index (Phi) is 8.38. The van der Waals surface area contributed by atoms with Crippen LogP contribution in [0.5, 0.6) is 0 Å². The zero-order valence-corrected chi connectivity index (χ0v) is 10.3. The molecule has 90 valence electrons. The molecule has 15 heavy (non-hydrogen) atoms. The van der Waals surface area contributed by atoms with E-state index >= 15 is 0 Å². The van der Waals surface area contributed by atoms with Gasteiger partial charge in [-0.1, -0.05) is 26.7 Å². The molecule has 0 rings (SSSR count). The van der Waals surface area contributed by atoms with Crippen LogP contribution < -0.4 is 5.73 Å². The molecule has 0 saturated carbocycles. The van der Waals surface area contributed by atoms with E-state index in [-0.39, 0.29) is 5.97 Å². The van der Waals surface area contributed by atoms with Gasteiger partial charge in [0.1, 0.15) is 0 Å². The predicted molar refractivity (Wildman–Crippen MR) is 62.5 cm³/mol. The summed E-state index contributed by atoms with van der Waals surface area (Å²) in [5.74, 6) is 0.473. The lowest BCUT2D eigenvalue weighted by Crippen LogP contribution is -2.25. The van der Waals surface area contributed by atoms with Gasteiger partial charge in [-0.15, -0.1) is 0 Å². The highest BCUT2D eigenvalue weighted by molar-refractivity contribution is 5.69. The van der Waals surface area contributed by atoms with Crippen LogP contribution in [0.3, 0.4) is 0 Å². The van der Waals surface area contributed by atoms with Crippen LogP contribution >= 0.6 is 0 Å². The molecule has 0 aromatic heterocycles. The number of ether oxygens (including phenoxy) is 1. The number of carbonyl (C=O) groups is 1. The van der Waals surface area contributed by atoms with Gasteiger partial charge in [0.25, 0.3) is 0 Å². The van der Waals surface area contributed by atoms with Crippen molar-refractivity contribution in [2.45, 2.75) is 58.9 Å². The highest BCUT2D eigenvalue weighted by atomic mass is 16.5. The molecule has 0 aliphatic heterocycles. The van der Waals surface area contributed by atoms with Gasteiger partial charge in [0.05, 0.1) is 6.61 Å². The fraction of sp³-hybridized carbons (Fsp3) is 0.917. The standard InChI is InChI=1S/C12H25NO2/c1-4-15-12(14)9-7-5-6-8-11(13)10(2)3/h10-11H,4-9,13H2,1-3H3/t11-/m1/s1. The monoisotopic (exact) mass is 215 g/mol. The van der Waals surface area contributed by atoms with Gasteiger partial charge < -0.3 is 10.5 Å². The Hall–Kier alpha value is -0.570. The molecule has 0 aliphatic rings. The number of hydrogen-bond donors (Lipinski definition) is 1. The van der Waals surface area contributed by atoms with Crippen LogP contribution in [0.15, 0.2) is 0 Å². The summed E-state index contributed by atoms with van der Waals surface area (Å²) >= 11 is 0. The molecule has 0 radical (unpaired) electrons. The van der Waals surface area contributed by atoms with Gasteiger partial charge in [0.2, 0.25) is 0 Å². The maximum atomic E-state index is 11.0. The molecule has 0 aliphatic carbocycles. The summed E-state index contributed by atoms with van der Waals surface area (Å²) in [6, 6.07) is 0.299. The molecule has 3 heteroatoms. The second-order valence-corrected chi connectivity index (χ2v) is 4.31. The topological polar surface area (TPSA) is 52.3 Å². The van der Waals surface area contributed by atoms with E-state index in [0.29, 0.717) is 25.0 Å². The summed E-state index contributed by atoms with van der Waals surface area (Å²) in [7, 11) is 0. The average molecular weight is 215 g/mol. The van der Waals surface area contributed by atoms with Crippen molar-refractivity contribution in [3.63, 3.8) is 0 Å². The molecule has 0 amide bonds. The molecular formula is C12H25NO2. The summed E-state index contributed by atoms with van der Waals surface area (Å²) in [6.07, 6.45) is 4.70. The fourth-order valence-electron chi connectivity index (χ4n) is 1.39. The van der Waals surface area contributed by atoms with Crippen molar-refractivity contribution in [2.24, 2.45) is 11.7 Å². The first kappa shape index (κ1) is 14.4. The minimum Gasteiger partial charge on any atom is -0.466 e. The third-order valence-electron chi connectivity index (χ3n) is 2.58. The van der Waals surface area contributed by atoms with Crippen LogP contribution in [0, 0.1) is 5.92 Å². The highest BCUT2D eigenvalue weighted by Crippen LogP contribution is 2.10. The van der Waals surface area contributed by atoms with Crippen LogP contribution in [0.1, 0.15) is 52.9 Å². The van der Waals surface area contributed by atoms with E-state index < -0.39 is 0 Å². The molecule has 0 unspecified atom stereocenters. The molecule has 0 bridgehead atoms. The number of hydrogen-bond acceptors (Lipinski definition) is 3. The van der Waals surface area contributed by atoms with Crippen molar-refractivity contribution in [1.29, 1.82) is 0 Å². The number of nitrogens with two attached hydrogens (primary N) is 1. The number of esters is 1. The van der Waals surface area contributed by atoms with Gasteiger partial charge >= 0.3 is 5.97 Å². The number of carbonyl (C=O) groups excluding carboxylic acids is 1. The third kappa shape index (κ3) is 8.43. The molecule has 0 fully saturated rings. The molecule has 0 saturated heterocycles. The van der Waals surface area contributed by atoms with E-state index in [1.165, 1.54) is 0 Å². The number of unbranched alkanes of at least 4 members (excludes halogenated alkanes) is 2. The van der Waals surface area contributed by atoms with Crippen molar-refractivity contribution < 1.29 is 9.53 Å². The Balaban J connectivity index is 3.28. The zero-order chi connectivity index (χ0) is 11.7. The van der Waals surface area contributed by atoms with Crippen molar-refractivity contribution in [3.05, 3.63) is 0 Å². The van der Waals surface area contributed by atoms with E-state index in [2.05, 4.69) is 13.8 Å². The predicted octanol–water partition coefficient (Wildman–Crippen LogP) is 2.48. The Labute approximate surface area is 93.4 Å². The second kappa shape index (κ2) is 8.72. The first-order chi connectivity index (χ1) is 7.07. The Morgan fingerprint density at radius 3 is 2.47 bits per heavy atom. The van der Waals surface area contributed by atoms with Crippen molar-refractivity contribution in [3.8, 4) is 0 Å². The summed E-state index contributed by atoms with van der Waals surface area (Å²) in [5, 5.41) is 0. The summed E-state index contributed by atoms with van der Waals surface area (Å²) in [6.45, 7) is 6.60. The van der Waals surface area contributed by atoms with Crippen LogP contribution in [0.2, 0.25) is 0 Å². The quantitative estimate of drug-likeness (QED) is 0.500. The van der Waals surface area contributed by atoms with E-state index in [9.17, 15) is 4.79 Å². The molecule has 0 aromatic carbocycles. The van der Waals surface area contributed by atoms with E-state index in [0.717, 1.165) is 25.7 Å². The minimum atomic E-state index is -0.0781. The van der Waals surface area contributed by atoms with Gasteiger partial charge in [-0.05, 0) is 25.7 Å². The molecule has 1 atom stereocenters. The molecule has 0 heterocycles. The molecule has 0 aromatic rings. The summed E-state index contributed by atoms with van der Waals surface area (Å²) in [5.41, 5.74) is 5.91. The van der Waals surface area contributed by atoms with Crippen molar-refractivity contribution in [1.82, 2.24) is 0 Å². The minimum absolute atomic E-state index is 0.0781. The van der Waals surface area contributed by atoms with E-state index in [1.54, 1.807) is 0 Å². The summed E-state index contributed by atoms with van der Waals surface area (Å²) in [4.78, 5) is 11.0. The SMILES string of the molecule is CCOC(=O)CCCCC[C@@H](N)C(C)C. The van der Waals surface area contributed by atoms with Crippen molar-refractivity contribution in [2.75, 3.05) is 6.61 Å². The molecule has 2 N–H and O–H groups in total. The van der Waals surface area contributed by atoms with Crippen LogP contribution in [0.25, 0.3) is 0 Å². The maximum absolute atomic E-state index is 11.0. The molecule has 3 nitrogen and oxygen atoms in total. The number of rotatable bonds is 8. The lowest BCUT2D eigenvalue weighted by molar-refractivity contribution is -0.143. The van der Waals surface area contributed by atoms with Gasteiger partial charge in [-0.3, -0.25) is 4.79 Å². The maximum Gasteiger partial charge on any atom is 0.305 e. The molecular weight excluding hydrogens is 190 g/mol. The van der Waals surface area contributed by atoms with Crippen LogP contribution in [-0.4, -0.2) is 18.6 Å². The van der Waals surface area contributed by atoms with E-state index in [4.69, 9.17) is 10.5 Å². The second-order valence-electron chi connectivity index (χ2n) is 4.31. The zero-order valence-electron chi connectivity index (χ0n) is 10.3. The normalized spacial score (nSPS) is 12.9. The smallest absolute Gasteiger partial charge is 0.305 e. The largest absolute Gasteiger partial charge is 0.466 e. The third-order valence-corrected chi connectivity index (χ3v) is 2.58. The Morgan fingerprint density at radius 2 is 1.93 bits per heavy atom. The van der Waals surface area contributed by atoms with Crippen LogP contribution in [0.4, 0.5) is 0 Å². The lowest BCUT2D eigenvalue weighted by Gasteiger charge is -2.14. The average Bonchev–Trinajstić information content (AvgIpc) is 2.17. The van der Waals surface area contributed by atoms with Gasteiger partial charge in [-0.2, -0.15) is 0 Å². The lowest BCUT2D eigenvalue weighted by atomic mass is 9.99. The Morgan fingerprint density at radius 1 is 1.27 bits per heavy atom. The summed E-state index contributed by atoms with van der Waals surface area (Å²) < 4.78 is 4.84. The van der Waals surface area contributed by atoms with Gasteiger partial charge in [0, 0.05) is 12.5 Å².